The summed E-state index contributed by atoms with van der Waals surface area (Å²) in [6, 6.07) is 1.81. The second kappa shape index (κ2) is 6.36. The van der Waals surface area contributed by atoms with Crippen LogP contribution in [0.4, 0.5) is 16.2 Å². The van der Waals surface area contributed by atoms with Crippen molar-refractivity contribution in [3.63, 3.8) is 0 Å². The molecule has 2 amide bonds. The number of carboxylic acids is 1. The smallest absolute Gasteiger partial charge is 0.325 e. The molecule has 0 bridgehead atoms. The van der Waals surface area contributed by atoms with E-state index < -0.39 is 23.0 Å². The molecule has 1 aromatic carbocycles. The molecule has 0 radical (unpaired) electrons. The maximum absolute atomic E-state index is 11.5. The summed E-state index contributed by atoms with van der Waals surface area (Å²) >= 11 is 0. The van der Waals surface area contributed by atoms with E-state index in [4.69, 9.17) is 9.84 Å². The molecule has 3 N–H and O–H groups in total. The highest BCUT2D eigenvalue weighted by molar-refractivity contribution is 5.93. The van der Waals surface area contributed by atoms with Crippen LogP contribution < -0.4 is 15.4 Å². The first-order chi connectivity index (χ1) is 9.35. The lowest BCUT2D eigenvalue weighted by atomic mass is 10.2. The molecule has 1 atom stereocenters. The van der Waals surface area contributed by atoms with E-state index in [1.54, 1.807) is 0 Å². The summed E-state index contributed by atoms with van der Waals surface area (Å²) in [6.45, 7) is 1.30. The summed E-state index contributed by atoms with van der Waals surface area (Å²) < 4.78 is 4.93. The Labute approximate surface area is 113 Å². The highest BCUT2D eigenvalue weighted by Crippen LogP contribution is 2.28. The number of amides is 2. The number of hydrogen-bond donors (Lipinski definition) is 3. The monoisotopic (exact) mass is 283 g/mol. The van der Waals surface area contributed by atoms with Crippen molar-refractivity contribution in [1.29, 1.82) is 0 Å². The predicted octanol–water partition coefficient (Wildman–Crippen LogP) is 1.20. The molecule has 9 nitrogen and oxygen atoms in total. The van der Waals surface area contributed by atoms with Crippen molar-refractivity contribution in [2.24, 2.45) is 0 Å². The number of nitrogens with one attached hydrogen (secondary N) is 2. The van der Waals surface area contributed by atoms with E-state index in [1.165, 1.54) is 26.2 Å². The molecular formula is C11H13N3O6. The van der Waals surface area contributed by atoms with Crippen LogP contribution in [-0.2, 0) is 4.79 Å². The number of anilines is 1. The van der Waals surface area contributed by atoms with Gasteiger partial charge in [-0.3, -0.25) is 14.9 Å². The van der Waals surface area contributed by atoms with Crippen molar-refractivity contribution in [2.75, 3.05) is 12.4 Å². The lowest BCUT2D eigenvalue weighted by molar-refractivity contribution is -0.384. The first-order valence-electron chi connectivity index (χ1n) is 5.48. The third kappa shape index (κ3) is 3.83. The predicted molar refractivity (Wildman–Crippen MR) is 68.9 cm³/mol. The number of non-ortho nitro benzene ring substituents is 1. The molecule has 1 aromatic rings. The number of hydrogen-bond acceptors (Lipinski definition) is 5. The van der Waals surface area contributed by atoms with Crippen LogP contribution in [0.5, 0.6) is 5.75 Å². The van der Waals surface area contributed by atoms with Crippen LogP contribution in [0.1, 0.15) is 6.92 Å². The van der Waals surface area contributed by atoms with Gasteiger partial charge in [-0.15, -0.1) is 0 Å². The number of nitro benzene ring substituents is 1. The average Bonchev–Trinajstić information content (AvgIpc) is 2.38. The van der Waals surface area contributed by atoms with E-state index in [1.807, 2.05) is 0 Å². The van der Waals surface area contributed by atoms with Gasteiger partial charge in [-0.1, -0.05) is 0 Å². The largest absolute Gasteiger partial charge is 0.494 e. The van der Waals surface area contributed by atoms with Crippen LogP contribution >= 0.6 is 0 Å². The van der Waals surface area contributed by atoms with Crippen LogP contribution in [0.3, 0.4) is 0 Å². The van der Waals surface area contributed by atoms with Gasteiger partial charge in [-0.05, 0) is 13.0 Å². The molecule has 20 heavy (non-hydrogen) atoms. The minimum atomic E-state index is -1.18. The molecular weight excluding hydrogens is 270 g/mol. The summed E-state index contributed by atoms with van der Waals surface area (Å²) in [4.78, 5) is 32.1. The number of carboxylic acid groups (broad SMARTS) is 1. The molecule has 0 spiro atoms. The van der Waals surface area contributed by atoms with Crippen molar-refractivity contribution in [1.82, 2.24) is 5.32 Å². The molecule has 0 fully saturated rings. The molecule has 0 aliphatic carbocycles. The summed E-state index contributed by atoms with van der Waals surface area (Å²) in [5.74, 6) is -1.09. The molecule has 0 saturated heterocycles. The lowest BCUT2D eigenvalue weighted by Gasteiger charge is -2.12. The minimum absolute atomic E-state index is 0.0947. The van der Waals surface area contributed by atoms with Crippen molar-refractivity contribution in [2.45, 2.75) is 13.0 Å². The maximum Gasteiger partial charge on any atom is 0.325 e. The van der Waals surface area contributed by atoms with Crippen LogP contribution in [0, 0.1) is 10.1 Å². The van der Waals surface area contributed by atoms with Gasteiger partial charge in [0, 0.05) is 6.07 Å². The number of nitrogens with zero attached hydrogens (tertiary/aromatic N) is 1. The van der Waals surface area contributed by atoms with Crippen LogP contribution in [0.25, 0.3) is 0 Å². The van der Waals surface area contributed by atoms with E-state index >= 15 is 0 Å². The molecule has 0 heterocycles. The normalized spacial score (nSPS) is 11.3. The highest BCUT2D eigenvalue weighted by atomic mass is 16.6. The number of aliphatic carboxylic acids is 1. The highest BCUT2D eigenvalue weighted by Gasteiger charge is 2.16. The van der Waals surface area contributed by atoms with Gasteiger partial charge >= 0.3 is 12.0 Å². The van der Waals surface area contributed by atoms with Gasteiger partial charge < -0.3 is 20.5 Å². The third-order valence-electron chi connectivity index (χ3n) is 2.36. The second-order valence-electron chi connectivity index (χ2n) is 3.80. The quantitative estimate of drug-likeness (QED) is 0.549. The zero-order valence-corrected chi connectivity index (χ0v) is 10.7. The number of benzene rings is 1. The van der Waals surface area contributed by atoms with Crippen molar-refractivity contribution >= 4 is 23.4 Å². The number of carbonyl (C=O) groups excluding carboxylic acids is 1. The Hall–Kier alpha value is -2.84. The van der Waals surface area contributed by atoms with Gasteiger partial charge in [-0.25, -0.2) is 4.79 Å². The Morgan fingerprint density at radius 2 is 2.10 bits per heavy atom. The Balaban J connectivity index is 2.84. The standard InChI is InChI=1S/C11H13N3O6/c1-6(10(15)16)12-11(17)13-8-4-3-7(14(18)19)5-9(8)20-2/h3-6H,1-2H3,(H,15,16)(H2,12,13,17)/t6-/m0/s1. The molecule has 0 aromatic heterocycles. The first kappa shape index (κ1) is 15.2. The van der Waals surface area contributed by atoms with Gasteiger partial charge in [-0.2, -0.15) is 0 Å². The average molecular weight is 283 g/mol. The van der Waals surface area contributed by atoms with Crippen molar-refractivity contribution < 1.29 is 24.4 Å². The molecule has 0 unspecified atom stereocenters. The Morgan fingerprint density at radius 3 is 2.60 bits per heavy atom. The van der Waals surface area contributed by atoms with Gasteiger partial charge in [0.2, 0.25) is 0 Å². The van der Waals surface area contributed by atoms with E-state index in [-0.39, 0.29) is 17.1 Å². The summed E-state index contributed by atoms with van der Waals surface area (Å²) in [6.07, 6.45) is 0. The fourth-order valence-corrected chi connectivity index (χ4v) is 1.31. The number of carbonyl (C=O) groups is 2. The first-order valence-corrected chi connectivity index (χ1v) is 5.48. The summed E-state index contributed by atoms with van der Waals surface area (Å²) in [5.41, 5.74) is -0.0000917. The molecule has 1 rings (SSSR count). The van der Waals surface area contributed by atoms with Crippen molar-refractivity contribution in [3.05, 3.63) is 28.3 Å². The fourth-order valence-electron chi connectivity index (χ4n) is 1.31. The topological polar surface area (TPSA) is 131 Å². The Bertz CT molecular complexity index is 545. The Kier molecular flexibility index (Phi) is 4.84. The number of urea groups is 1. The van der Waals surface area contributed by atoms with Crippen LogP contribution in [0.15, 0.2) is 18.2 Å². The SMILES string of the molecule is COc1cc([N+](=O)[O-])ccc1NC(=O)N[C@@H](C)C(=O)O. The number of ether oxygens (including phenoxy) is 1. The van der Waals surface area contributed by atoms with Gasteiger partial charge in [0.25, 0.3) is 5.69 Å². The molecule has 0 aliphatic heterocycles. The number of methoxy groups -OCH3 is 1. The second-order valence-corrected chi connectivity index (χ2v) is 3.80. The molecule has 108 valence electrons. The van der Waals surface area contributed by atoms with E-state index in [9.17, 15) is 19.7 Å². The number of nitro groups is 1. The summed E-state index contributed by atoms with van der Waals surface area (Å²) in [5, 5.41) is 23.8. The van der Waals surface area contributed by atoms with E-state index in [0.717, 1.165) is 6.07 Å². The molecule has 0 aliphatic rings. The van der Waals surface area contributed by atoms with Gasteiger partial charge in [0.1, 0.15) is 11.8 Å². The Morgan fingerprint density at radius 1 is 1.45 bits per heavy atom. The minimum Gasteiger partial charge on any atom is -0.494 e. The molecule has 0 saturated carbocycles. The molecule has 9 heteroatoms. The van der Waals surface area contributed by atoms with E-state index in [2.05, 4.69) is 10.6 Å². The maximum atomic E-state index is 11.5. The third-order valence-corrected chi connectivity index (χ3v) is 2.36. The van der Waals surface area contributed by atoms with Gasteiger partial charge in [0.15, 0.2) is 0 Å². The zero-order valence-electron chi connectivity index (χ0n) is 10.7. The van der Waals surface area contributed by atoms with Crippen LogP contribution in [-0.4, -0.2) is 35.2 Å². The number of rotatable bonds is 5. The van der Waals surface area contributed by atoms with Crippen LogP contribution in [0.2, 0.25) is 0 Å². The van der Waals surface area contributed by atoms with E-state index in [0.29, 0.717) is 0 Å². The summed E-state index contributed by atoms with van der Waals surface area (Å²) in [7, 11) is 1.29. The fraction of sp³-hybridized carbons (Fsp3) is 0.273. The lowest BCUT2D eigenvalue weighted by Crippen LogP contribution is -2.40. The van der Waals surface area contributed by atoms with Gasteiger partial charge in [0.05, 0.1) is 23.8 Å². The van der Waals surface area contributed by atoms with Crippen molar-refractivity contribution in [3.8, 4) is 5.75 Å². The zero-order chi connectivity index (χ0) is 15.3.